The molecule has 98 valence electrons. The Morgan fingerprint density at radius 1 is 1.33 bits per heavy atom. The fraction of sp³-hybridized carbons (Fsp3) is 0.600. The van der Waals surface area contributed by atoms with E-state index in [1.807, 2.05) is 25.1 Å². The van der Waals surface area contributed by atoms with Gasteiger partial charge in [0, 0.05) is 12.6 Å². The number of hydrogen-bond donors (Lipinski definition) is 2. The number of β-amino-alcohol motifs (C(OH)–C–C–N with tert-alkyl or cyclic N) is 1. The first kappa shape index (κ1) is 12.2. The summed E-state index contributed by atoms with van der Waals surface area (Å²) < 4.78 is 0. The van der Waals surface area contributed by atoms with Gasteiger partial charge in [-0.25, -0.2) is 0 Å². The molecule has 3 rings (SSSR count). The summed E-state index contributed by atoms with van der Waals surface area (Å²) in [5.41, 5.74) is 1.71. The van der Waals surface area contributed by atoms with Crippen molar-refractivity contribution in [2.75, 3.05) is 13.1 Å². The summed E-state index contributed by atoms with van der Waals surface area (Å²) in [5.74, 6) is 0. The predicted molar refractivity (Wildman–Crippen MR) is 70.3 cm³/mol. The van der Waals surface area contributed by atoms with Crippen molar-refractivity contribution in [3.05, 3.63) is 35.4 Å². The van der Waals surface area contributed by atoms with E-state index in [-0.39, 0.29) is 6.04 Å². The van der Waals surface area contributed by atoms with E-state index >= 15 is 0 Å². The molecule has 1 heterocycles. The number of fused-ring (bicyclic) bond motifs is 1. The molecule has 2 aliphatic rings. The molecule has 0 unspecified atom stereocenters. The average molecular weight is 247 g/mol. The van der Waals surface area contributed by atoms with Crippen molar-refractivity contribution in [3.8, 4) is 0 Å². The highest BCUT2D eigenvalue weighted by atomic mass is 16.3. The molecule has 1 aromatic carbocycles. The molecule has 1 aliphatic heterocycles. The zero-order valence-corrected chi connectivity index (χ0v) is 10.8. The van der Waals surface area contributed by atoms with Gasteiger partial charge in [-0.15, -0.1) is 0 Å². The fourth-order valence-corrected chi connectivity index (χ4v) is 3.42. The summed E-state index contributed by atoms with van der Waals surface area (Å²) >= 11 is 0. The molecule has 3 nitrogen and oxygen atoms in total. The van der Waals surface area contributed by atoms with Crippen LogP contribution in [0.25, 0.3) is 0 Å². The Balaban J connectivity index is 1.80. The van der Waals surface area contributed by atoms with Gasteiger partial charge in [-0.05, 0) is 43.9 Å². The van der Waals surface area contributed by atoms with E-state index in [1.54, 1.807) is 0 Å². The first-order valence-electron chi connectivity index (χ1n) is 6.79. The van der Waals surface area contributed by atoms with E-state index in [9.17, 15) is 10.2 Å². The Kier molecular flexibility index (Phi) is 2.93. The van der Waals surface area contributed by atoms with Crippen molar-refractivity contribution in [1.82, 2.24) is 4.90 Å². The van der Waals surface area contributed by atoms with Gasteiger partial charge in [0.15, 0.2) is 0 Å². The third-order valence-electron chi connectivity index (χ3n) is 4.34. The third-order valence-corrected chi connectivity index (χ3v) is 4.34. The van der Waals surface area contributed by atoms with Crippen LogP contribution in [0.3, 0.4) is 0 Å². The van der Waals surface area contributed by atoms with Crippen LogP contribution in [0.4, 0.5) is 0 Å². The number of hydrogen-bond acceptors (Lipinski definition) is 3. The molecule has 3 atom stereocenters. The largest absolute Gasteiger partial charge is 0.389 e. The van der Waals surface area contributed by atoms with Crippen LogP contribution in [0.1, 0.15) is 37.0 Å². The maximum atomic E-state index is 10.4. The molecule has 1 aromatic rings. The van der Waals surface area contributed by atoms with Crippen LogP contribution < -0.4 is 0 Å². The van der Waals surface area contributed by atoms with Gasteiger partial charge in [-0.2, -0.15) is 0 Å². The lowest BCUT2D eigenvalue weighted by atomic mass is 9.93. The second kappa shape index (κ2) is 4.34. The van der Waals surface area contributed by atoms with Crippen molar-refractivity contribution in [2.24, 2.45) is 0 Å². The second-order valence-electron chi connectivity index (χ2n) is 5.99. The Morgan fingerprint density at radius 2 is 2.11 bits per heavy atom. The van der Waals surface area contributed by atoms with Crippen LogP contribution in [0.2, 0.25) is 0 Å². The molecule has 1 aliphatic carbocycles. The lowest BCUT2D eigenvalue weighted by Gasteiger charge is -2.41. The molecule has 0 bridgehead atoms. The predicted octanol–water partition coefficient (Wildman–Crippen LogP) is 1.49. The van der Waals surface area contributed by atoms with Crippen molar-refractivity contribution >= 4 is 0 Å². The lowest BCUT2D eigenvalue weighted by Crippen LogP contribution is -2.51. The van der Waals surface area contributed by atoms with Crippen LogP contribution in [-0.4, -0.2) is 39.8 Å². The Hall–Kier alpha value is -0.900. The van der Waals surface area contributed by atoms with E-state index in [0.717, 1.165) is 31.4 Å². The number of benzene rings is 1. The van der Waals surface area contributed by atoms with Crippen molar-refractivity contribution in [3.63, 3.8) is 0 Å². The minimum atomic E-state index is -0.604. The molecule has 3 heteroatoms. The maximum absolute atomic E-state index is 10.4. The van der Waals surface area contributed by atoms with Crippen molar-refractivity contribution < 1.29 is 10.2 Å². The molecular formula is C15H21NO2. The number of aliphatic hydroxyl groups excluding tert-OH is 1. The highest BCUT2D eigenvalue weighted by Gasteiger charge is 2.39. The van der Waals surface area contributed by atoms with Crippen LogP contribution in [0.5, 0.6) is 0 Å². The smallest absolute Gasteiger partial charge is 0.0951 e. The number of aliphatic hydroxyl groups is 2. The number of likely N-dealkylation sites (tertiary alicyclic amines) is 1. The molecule has 0 saturated carbocycles. The van der Waals surface area contributed by atoms with Crippen LogP contribution in [-0.2, 0) is 6.42 Å². The fourth-order valence-electron chi connectivity index (χ4n) is 3.42. The topological polar surface area (TPSA) is 43.7 Å². The molecule has 1 fully saturated rings. The first-order chi connectivity index (χ1) is 8.57. The van der Waals surface area contributed by atoms with Gasteiger partial charge in [0.1, 0.15) is 0 Å². The third kappa shape index (κ3) is 2.07. The van der Waals surface area contributed by atoms with Gasteiger partial charge < -0.3 is 10.2 Å². The van der Waals surface area contributed by atoms with Gasteiger partial charge in [-0.1, -0.05) is 24.3 Å². The first-order valence-corrected chi connectivity index (χ1v) is 6.79. The maximum Gasteiger partial charge on any atom is 0.0951 e. The quantitative estimate of drug-likeness (QED) is 0.790. The van der Waals surface area contributed by atoms with Crippen molar-refractivity contribution in [1.29, 1.82) is 0 Å². The molecule has 0 amide bonds. The standard InChI is InChI=1S/C15H21NO2/c1-15(18)7-4-8-16(10-15)13-9-11-5-2-3-6-12(11)14(13)17/h2-3,5-6,13-14,17-18H,4,7-10H2,1H3/t13-,14+,15-/m0/s1. The zero-order valence-electron chi connectivity index (χ0n) is 10.8. The summed E-state index contributed by atoms with van der Waals surface area (Å²) in [6.07, 6.45) is 2.36. The van der Waals surface area contributed by atoms with E-state index in [4.69, 9.17) is 0 Å². The Labute approximate surface area is 108 Å². The Morgan fingerprint density at radius 3 is 2.83 bits per heavy atom. The average Bonchev–Trinajstić information content (AvgIpc) is 2.66. The summed E-state index contributed by atoms with van der Waals surface area (Å²) in [7, 11) is 0. The summed E-state index contributed by atoms with van der Waals surface area (Å²) in [5, 5.41) is 20.6. The van der Waals surface area contributed by atoms with Crippen LogP contribution >= 0.6 is 0 Å². The minimum Gasteiger partial charge on any atom is -0.389 e. The van der Waals surface area contributed by atoms with Gasteiger partial charge in [0.2, 0.25) is 0 Å². The van der Waals surface area contributed by atoms with Gasteiger partial charge in [-0.3, -0.25) is 4.90 Å². The second-order valence-corrected chi connectivity index (χ2v) is 5.99. The molecule has 0 radical (unpaired) electrons. The SMILES string of the molecule is C[C@]1(O)CCCN([C@H]2Cc3ccccc3[C@H]2O)C1. The van der Waals surface area contributed by atoms with E-state index < -0.39 is 11.7 Å². The lowest BCUT2D eigenvalue weighted by molar-refractivity contribution is -0.0495. The summed E-state index contributed by atoms with van der Waals surface area (Å²) in [6, 6.07) is 8.26. The van der Waals surface area contributed by atoms with E-state index in [0.29, 0.717) is 6.54 Å². The summed E-state index contributed by atoms with van der Waals surface area (Å²) in [6.45, 7) is 3.54. The summed E-state index contributed by atoms with van der Waals surface area (Å²) in [4.78, 5) is 2.26. The Bertz CT molecular complexity index is 444. The van der Waals surface area contributed by atoms with E-state index in [1.165, 1.54) is 5.56 Å². The molecule has 18 heavy (non-hydrogen) atoms. The normalized spacial score (nSPS) is 36.6. The van der Waals surface area contributed by atoms with Gasteiger partial charge >= 0.3 is 0 Å². The zero-order chi connectivity index (χ0) is 12.8. The van der Waals surface area contributed by atoms with E-state index in [2.05, 4.69) is 11.0 Å². The molecule has 0 aromatic heterocycles. The molecular weight excluding hydrogens is 226 g/mol. The molecule has 0 spiro atoms. The molecule has 1 saturated heterocycles. The van der Waals surface area contributed by atoms with Gasteiger partial charge in [0.25, 0.3) is 0 Å². The number of nitrogens with zero attached hydrogens (tertiary/aromatic N) is 1. The highest BCUT2D eigenvalue weighted by molar-refractivity contribution is 5.36. The monoisotopic (exact) mass is 247 g/mol. The van der Waals surface area contributed by atoms with Gasteiger partial charge in [0.05, 0.1) is 11.7 Å². The number of piperidine rings is 1. The molecule has 2 N–H and O–H groups in total. The van der Waals surface area contributed by atoms with Crippen molar-refractivity contribution in [2.45, 2.75) is 43.9 Å². The number of rotatable bonds is 1. The highest BCUT2D eigenvalue weighted by Crippen LogP contribution is 2.36. The van der Waals surface area contributed by atoms with Crippen LogP contribution in [0, 0.1) is 0 Å². The minimum absolute atomic E-state index is 0.133. The van der Waals surface area contributed by atoms with Crippen LogP contribution in [0.15, 0.2) is 24.3 Å².